The van der Waals surface area contributed by atoms with Gasteiger partial charge in [-0.1, -0.05) is 47.5 Å². The van der Waals surface area contributed by atoms with Crippen molar-refractivity contribution in [1.82, 2.24) is 0 Å². The van der Waals surface area contributed by atoms with Crippen molar-refractivity contribution in [3.8, 4) is 22.8 Å². The molecule has 130 valence electrons. The van der Waals surface area contributed by atoms with E-state index in [4.69, 9.17) is 27.6 Å². The van der Waals surface area contributed by atoms with Gasteiger partial charge in [-0.05, 0) is 24.3 Å². The average molecular weight is 400 g/mol. The average Bonchev–Trinajstić information content (AvgIpc) is 2.86. The van der Waals surface area contributed by atoms with E-state index < -0.39 is 27.4 Å². The van der Waals surface area contributed by atoms with Crippen LogP contribution in [0.4, 0.5) is 5.88 Å². The molecule has 0 aliphatic heterocycles. The molecule has 0 atom stereocenters. The summed E-state index contributed by atoms with van der Waals surface area (Å²) in [6.45, 7) is 0. The van der Waals surface area contributed by atoms with Gasteiger partial charge in [-0.15, -0.1) is 0 Å². The second-order valence-electron chi connectivity index (χ2n) is 4.98. The monoisotopic (exact) mass is 399 g/mol. The number of furan rings is 1. The number of rotatable bonds is 4. The predicted molar refractivity (Wildman–Crippen MR) is 94.7 cm³/mol. The van der Waals surface area contributed by atoms with Gasteiger partial charge in [-0.2, -0.15) is 0 Å². The lowest BCUT2D eigenvalue weighted by molar-refractivity contribution is 0.410. The number of benzene rings is 2. The summed E-state index contributed by atoms with van der Waals surface area (Å²) in [5.41, 5.74) is 0.201. The fourth-order valence-electron chi connectivity index (χ4n) is 2.13. The van der Waals surface area contributed by atoms with Crippen molar-refractivity contribution in [2.45, 2.75) is 4.90 Å². The summed E-state index contributed by atoms with van der Waals surface area (Å²) >= 11 is 12.0. The van der Waals surface area contributed by atoms with Crippen LogP contribution in [0.25, 0.3) is 11.3 Å². The summed E-state index contributed by atoms with van der Waals surface area (Å²) in [5.74, 6) is -2.16. The molecule has 0 fully saturated rings. The Balaban J connectivity index is 2.04. The summed E-state index contributed by atoms with van der Waals surface area (Å²) in [6, 6.07) is 12.1. The number of hydrogen-bond donors (Lipinski definition) is 3. The molecule has 0 amide bonds. The molecule has 0 aliphatic rings. The van der Waals surface area contributed by atoms with Crippen molar-refractivity contribution in [2.24, 2.45) is 0 Å². The highest BCUT2D eigenvalue weighted by atomic mass is 35.5. The van der Waals surface area contributed by atoms with Crippen LogP contribution in [-0.4, -0.2) is 18.6 Å². The number of aromatic hydroxyl groups is 2. The normalized spacial score (nSPS) is 11.4. The van der Waals surface area contributed by atoms with Crippen molar-refractivity contribution < 1.29 is 23.0 Å². The van der Waals surface area contributed by atoms with Gasteiger partial charge >= 0.3 is 0 Å². The number of nitrogens with one attached hydrogen (secondary N) is 1. The van der Waals surface area contributed by atoms with E-state index in [9.17, 15) is 18.6 Å². The second kappa shape index (κ2) is 6.51. The molecule has 3 N–H and O–H groups in total. The fourth-order valence-corrected chi connectivity index (χ4v) is 3.53. The zero-order valence-corrected chi connectivity index (χ0v) is 14.7. The van der Waals surface area contributed by atoms with Crippen molar-refractivity contribution in [3.63, 3.8) is 0 Å². The minimum atomic E-state index is -4.01. The minimum Gasteiger partial charge on any atom is -0.502 e. The molecule has 0 aliphatic carbocycles. The Labute approximate surface area is 153 Å². The van der Waals surface area contributed by atoms with Crippen LogP contribution in [0.3, 0.4) is 0 Å². The molecule has 0 radical (unpaired) electrons. The number of hydrogen-bond acceptors (Lipinski definition) is 5. The summed E-state index contributed by atoms with van der Waals surface area (Å²) in [6.07, 6.45) is 0. The standard InChI is InChI=1S/C16H11Cl2NO5S/c17-11-8-4-7-10(12(11)18)15-13(20)14(21)16(24-15)19-25(22,23)9-5-2-1-3-6-9/h1-8,19-21H. The molecule has 3 aromatic rings. The Kier molecular flexibility index (Phi) is 4.55. The van der Waals surface area contributed by atoms with E-state index in [1.54, 1.807) is 24.3 Å². The first-order chi connectivity index (χ1) is 11.8. The molecule has 1 aromatic heterocycles. The molecule has 3 rings (SSSR count). The highest BCUT2D eigenvalue weighted by Gasteiger charge is 2.26. The number of halogens is 2. The third kappa shape index (κ3) is 3.26. The van der Waals surface area contributed by atoms with Crippen molar-refractivity contribution in [3.05, 3.63) is 58.6 Å². The van der Waals surface area contributed by atoms with Gasteiger partial charge in [0.05, 0.1) is 14.9 Å². The second-order valence-corrected chi connectivity index (χ2v) is 7.45. The maximum absolute atomic E-state index is 12.3. The van der Waals surface area contributed by atoms with Crippen LogP contribution in [0.5, 0.6) is 11.5 Å². The molecule has 6 nitrogen and oxygen atoms in total. The molecule has 9 heteroatoms. The van der Waals surface area contributed by atoms with Crippen LogP contribution >= 0.6 is 23.2 Å². The first-order valence-corrected chi connectivity index (χ1v) is 9.12. The zero-order valence-electron chi connectivity index (χ0n) is 12.4. The van der Waals surface area contributed by atoms with Crippen molar-refractivity contribution in [2.75, 3.05) is 4.72 Å². The number of sulfonamides is 1. The Morgan fingerprint density at radius 3 is 2.28 bits per heavy atom. The first-order valence-electron chi connectivity index (χ1n) is 6.88. The van der Waals surface area contributed by atoms with Gasteiger partial charge in [0, 0.05) is 5.56 Å². The van der Waals surface area contributed by atoms with Gasteiger partial charge in [0.2, 0.25) is 11.5 Å². The topological polar surface area (TPSA) is 99.8 Å². The lowest BCUT2D eigenvalue weighted by Gasteiger charge is -2.05. The molecule has 0 spiro atoms. The molecule has 0 bridgehead atoms. The predicted octanol–water partition coefficient (Wildman–Crippen LogP) is 4.47. The maximum Gasteiger partial charge on any atom is 0.264 e. The van der Waals surface area contributed by atoms with Crippen LogP contribution in [0.2, 0.25) is 10.0 Å². The van der Waals surface area contributed by atoms with E-state index in [-0.39, 0.29) is 26.3 Å². The number of anilines is 1. The largest absolute Gasteiger partial charge is 0.502 e. The SMILES string of the molecule is O=S(=O)(Nc1oc(-c2cccc(Cl)c2Cl)c(O)c1O)c1ccccc1. The third-order valence-corrected chi connectivity index (χ3v) is 5.50. The van der Waals surface area contributed by atoms with Gasteiger partial charge in [0.1, 0.15) is 0 Å². The molecule has 1 heterocycles. The van der Waals surface area contributed by atoms with Crippen LogP contribution in [0, 0.1) is 0 Å². The molecule has 0 saturated carbocycles. The highest BCUT2D eigenvalue weighted by molar-refractivity contribution is 7.92. The van der Waals surface area contributed by atoms with Crippen LogP contribution < -0.4 is 4.72 Å². The first kappa shape index (κ1) is 17.5. The van der Waals surface area contributed by atoms with Crippen molar-refractivity contribution >= 4 is 39.1 Å². The van der Waals surface area contributed by atoms with Gasteiger partial charge in [0.25, 0.3) is 15.9 Å². The lowest BCUT2D eigenvalue weighted by atomic mass is 10.1. The van der Waals surface area contributed by atoms with Gasteiger partial charge < -0.3 is 14.6 Å². The summed E-state index contributed by atoms with van der Waals surface area (Å²) in [5, 5.41) is 20.4. The molecular formula is C16H11Cl2NO5S. The summed E-state index contributed by atoms with van der Waals surface area (Å²) in [4.78, 5) is -0.0346. The van der Waals surface area contributed by atoms with Crippen LogP contribution in [0.1, 0.15) is 0 Å². The summed E-state index contributed by atoms with van der Waals surface area (Å²) in [7, 11) is -4.01. The van der Waals surface area contributed by atoms with E-state index in [0.29, 0.717) is 0 Å². The van der Waals surface area contributed by atoms with E-state index >= 15 is 0 Å². The van der Waals surface area contributed by atoms with E-state index in [1.165, 1.54) is 24.3 Å². The summed E-state index contributed by atoms with van der Waals surface area (Å²) < 4.78 is 32.0. The zero-order chi connectivity index (χ0) is 18.2. The molecule has 0 saturated heterocycles. The molecule has 0 unspecified atom stereocenters. The highest BCUT2D eigenvalue weighted by Crippen LogP contribution is 2.48. The fraction of sp³-hybridized carbons (Fsp3) is 0. The van der Waals surface area contributed by atoms with Crippen molar-refractivity contribution in [1.29, 1.82) is 0 Å². The third-order valence-electron chi connectivity index (χ3n) is 3.34. The van der Waals surface area contributed by atoms with Crippen LogP contribution in [0.15, 0.2) is 57.8 Å². The molecule has 2 aromatic carbocycles. The smallest absolute Gasteiger partial charge is 0.264 e. The van der Waals surface area contributed by atoms with E-state index in [2.05, 4.69) is 4.72 Å². The van der Waals surface area contributed by atoms with E-state index in [1.807, 2.05) is 0 Å². The van der Waals surface area contributed by atoms with Crippen LogP contribution in [-0.2, 0) is 10.0 Å². The van der Waals surface area contributed by atoms with Gasteiger partial charge in [0.15, 0.2) is 5.76 Å². The Bertz CT molecular complexity index is 1030. The van der Waals surface area contributed by atoms with E-state index in [0.717, 1.165) is 0 Å². The Morgan fingerprint density at radius 2 is 1.60 bits per heavy atom. The van der Waals surface area contributed by atoms with Gasteiger partial charge in [-0.25, -0.2) is 13.1 Å². The quantitative estimate of drug-likeness (QED) is 0.600. The Morgan fingerprint density at radius 1 is 0.920 bits per heavy atom. The molecular weight excluding hydrogens is 389 g/mol. The lowest BCUT2D eigenvalue weighted by Crippen LogP contribution is -2.12. The minimum absolute atomic E-state index is 0.0346. The molecule has 25 heavy (non-hydrogen) atoms. The maximum atomic E-state index is 12.3. The van der Waals surface area contributed by atoms with Gasteiger partial charge in [-0.3, -0.25) is 0 Å². The Hall–Kier alpha value is -2.35.